The summed E-state index contributed by atoms with van der Waals surface area (Å²) in [5, 5.41) is 0.886. The number of hydrogen-bond donors (Lipinski definition) is 0. The summed E-state index contributed by atoms with van der Waals surface area (Å²) in [5.41, 5.74) is 2.41. The zero-order chi connectivity index (χ0) is 18.8. The third-order valence-corrected chi connectivity index (χ3v) is 5.40. The fourth-order valence-corrected chi connectivity index (χ4v) is 4.12. The third-order valence-electron chi connectivity index (χ3n) is 4.34. The second kappa shape index (κ2) is 7.76. The molecule has 2 aromatic carbocycles. The smallest absolute Gasteiger partial charge is 0.137 e. The molecule has 0 amide bonds. The molecule has 1 aliphatic heterocycles. The number of nitrogens with zero attached hydrogens (tertiary/aromatic N) is 2. The summed E-state index contributed by atoms with van der Waals surface area (Å²) in [7, 11) is 4.10. The van der Waals surface area contributed by atoms with E-state index < -0.39 is 0 Å². The van der Waals surface area contributed by atoms with Gasteiger partial charge in [-0.2, -0.15) is 0 Å². The lowest BCUT2D eigenvalue weighted by atomic mass is 10.1. The number of fused-ring (bicyclic) bond motifs is 5. The molecule has 0 saturated carbocycles. The minimum Gasteiger partial charge on any atom is -0.456 e. The zero-order valence-electron chi connectivity index (χ0n) is 15.4. The van der Waals surface area contributed by atoms with Crippen LogP contribution in [0.4, 0.5) is 4.39 Å². The molecule has 0 saturated heterocycles. The number of benzene rings is 2. The van der Waals surface area contributed by atoms with E-state index in [1.54, 1.807) is 17.4 Å². The molecule has 0 radical (unpaired) electrons. The summed E-state index contributed by atoms with van der Waals surface area (Å²) in [4.78, 5) is 7.89. The molecule has 0 spiro atoms. The Morgan fingerprint density at radius 1 is 1.11 bits per heavy atom. The summed E-state index contributed by atoms with van der Waals surface area (Å²) in [6, 6.07) is 12.4. The van der Waals surface area contributed by atoms with Crippen LogP contribution in [0, 0.1) is 5.82 Å². The van der Waals surface area contributed by atoms with Crippen molar-refractivity contribution in [1.82, 2.24) is 9.88 Å². The SMILES string of the molecule is CN(C)CCCOCc1nc2c(s1)-c1ccccc1Oc1ccc(F)cc1-2. The average molecular weight is 384 g/mol. The first-order chi connectivity index (χ1) is 13.1. The van der Waals surface area contributed by atoms with E-state index in [1.165, 1.54) is 12.1 Å². The fraction of sp³-hybridized carbons (Fsp3) is 0.286. The molecular formula is C21H21FN2O2S. The fourth-order valence-electron chi connectivity index (χ4n) is 3.07. The van der Waals surface area contributed by atoms with E-state index in [9.17, 15) is 4.39 Å². The predicted octanol–water partition coefficient (Wildman–Crippen LogP) is 5.19. The molecule has 0 bridgehead atoms. The normalized spacial score (nSPS) is 12.1. The molecule has 0 atom stereocenters. The highest BCUT2D eigenvalue weighted by Crippen LogP contribution is 2.48. The zero-order valence-corrected chi connectivity index (χ0v) is 16.2. The van der Waals surface area contributed by atoms with Crippen LogP contribution in [0.2, 0.25) is 0 Å². The summed E-state index contributed by atoms with van der Waals surface area (Å²) in [5.74, 6) is 1.07. The van der Waals surface area contributed by atoms with Gasteiger partial charge in [-0.15, -0.1) is 11.3 Å². The van der Waals surface area contributed by atoms with Gasteiger partial charge in [-0.3, -0.25) is 0 Å². The van der Waals surface area contributed by atoms with E-state index in [0.29, 0.717) is 24.5 Å². The maximum Gasteiger partial charge on any atom is 0.137 e. The first kappa shape index (κ1) is 18.1. The van der Waals surface area contributed by atoms with Gasteiger partial charge >= 0.3 is 0 Å². The highest BCUT2D eigenvalue weighted by molar-refractivity contribution is 7.15. The second-order valence-electron chi connectivity index (χ2n) is 6.73. The van der Waals surface area contributed by atoms with Gasteiger partial charge in [0.15, 0.2) is 0 Å². The molecule has 140 valence electrons. The Morgan fingerprint density at radius 3 is 2.78 bits per heavy atom. The number of para-hydroxylation sites is 1. The third kappa shape index (κ3) is 3.88. The number of ether oxygens (including phenoxy) is 2. The van der Waals surface area contributed by atoms with Crippen molar-refractivity contribution >= 4 is 11.3 Å². The van der Waals surface area contributed by atoms with Crippen LogP contribution in [0.3, 0.4) is 0 Å². The molecule has 3 aromatic rings. The molecule has 27 heavy (non-hydrogen) atoms. The molecule has 4 nitrogen and oxygen atoms in total. The van der Waals surface area contributed by atoms with Crippen molar-refractivity contribution in [3.63, 3.8) is 0 Å². The number of halogens is 1. The Labute approximate surface area is 162 Å². The minimum absolute atomic E-state index is 0.302. The number of aromatic nitrogens is 1. The second-order valence-corrected chi connectivity index (χ2v) is 7.82. The average Bonchev–Trinajstić information content (AvgIpc) is 3.02. The van der Waals surface area contributed by atoms with Crippen LogP contribution in [0.25, 0.3) is 21.7 Å². The van der Waals surface area contributed by atoms with Gasteiger partial charge in [0.1, 0.15) is 22.3 Å². The van der Waals surface area contributed by atoms with Gasteiger partial charge < -0.3 is 14.4 Å². The van der Waals surface area contributed by atoms with Crippen LogP contribution in [0.15, 0.2) is 42.5 Å². The molecule has 6 heteroatoms. The number of rotatable bonds is 6. The van der Waals surface area contributed by atoms with Gasteiger partial charge in [0.25, 0.3) is 0 Å². The molecule has 0 N–H and O–H groups in total. The van der Waals surface area contributed by atoms with Gasteiger partial charge in [-0.25, -0.2) is 9.37 Å². The monoisotopic (exact) mass is 384 g/mol. The summed E-state index contributed by atoms with van der Waals surface area (Å²) in [6.45, 7) is 2.14. The highest BCUT2D eigenvalue weighted by Gasteiger charge is 2.25. The van der Waals surface area contributed by atoms with E-state index in [2.05, 4.69) is 4.90 Å². The Morgan fingerprint density at radius 2 is 1.93 bits per heavy atom. The van der Waals surface area contributed by atoms with E-state index in [-0.39, 0.29) is 5.82 Å². The van der Waals surface area contributed by atoms with Crippen molar-refractivity contribution in [2.45, 2.75) is 13.0 Å². The van der Waals surface area contributed by atoms with Crippen LogP contribution in [-0.2, 0) is 11.3 Å². The van der Waals surface area contributed by atoms with Crippen molar-refractivity contribution in [3.8, 4) is 33.2 Å². The van der Waals surface area contributed by atoms with Crippen LogP contribution >= 0.6 is 11.3 Å². The van der Waals surface area contributed by atoms with Crippen molar-refractivity contribution in [2.24, 2.45) is 0 Å². The Bertz CT molecular complexity index is 955. The summed E-state index contributed by atoms with van der Waals surface area (Å²) in [6.07, 6.45) is 0.975. The van der Waals surface area contributed by atoms with Crippen LogP contribution in [0.1, 0.15) is 11.4 Å². The quantitative estimate of drug-likeness (QED) is 0.429. The van der Waals surface area contributed by atoms with E-state index in [1.807, 2.05) is 38.4 Å². The van der Waals surface area contributed by atoms with Crippen LogP contribution in [0.5, 0.6) is 11.5 Å². The largest absolute Gasteiger partial charge is 0.456 e. The molecular weight excluding hydrogens is 363 g/mol. The van der Waals surface area contributed by atoms with Crippen LogP contribution in [-0.4, -0.2) is 37.1 Å². The molecule has 1 aromatic heterocycles. The predicted molar refractivity (Wildman–Crippen MR) is 106 cm³/mol. The molecule has 2 heterocycles. The lowest BCUT2D eigenvalue weighted by molar-refractivity contribution is 0.113. The Balaban J connectivity index is 1.65. The Kier molecular flexibility index (Phi) is 5.20. The number of hydrogen-bond acceptors (Lipinski definition) is 5. The molecule has 4 rings (SSSR count). The first-order valence-electron chi connectivity index (χ1n) is 8.91. The van der Waals surface area contributed by atoms with Crippen molar-refractivity contribution < 1.29 is 13.9 Å². The van der Waals surface area contributed by atoms with Gasteiger partial charge in [-0.1, -0.05) is 12.1 Å². The van der Waals surface area contributed by atoms with Gasteiger partial charge in [-0.05, 0) is 57.4 Å². The topological polar surface area (TPSA) is 34.6 Å². The van der Waals surface area contributed by atoms with Gasteiger partial charge in [0, 0.05) is 17.7 Å². The van der Waals surface area contributed by atoms with Crippen molar-refractivity contribution in [3.05, 3.63) is 53.3 Å². The molecule has 0 aliphatic carbocycles. The minimum atomic E-state index is -0.302. The summed E-state index contributed by atoms with van der Waals surface area (Å²) < 4.78 is 25.7. The van der Waals surface area contributed by atoms with Crippen LogP contribution < -0.4 is 4.74 Å². The standard InChI is InChI=1S/C21H21FN2O2S/c1-24(2)10-5-11-25-13-19-23-20-16-12-14(22)8-9-18(16)26-17-7-4-3-6-15(17)21(20)27-19/h3-4,6-9,12H,5,10-11,13H2,1-2H3. The highest BCUT2D eigenvalue weighted by atomic mass is 32.1. The molecule has 0 unspecified atom stereocenters. The van der Waals surface area contributed by atoms with Gasteiger partial charge in [0.05, 0.1) is 17.2 Å². The summed E-state index contributed by atoms with van der Waals surface area (Å²) >= 11 is 1.58. The van der Waals surface area contributed by atoms with Gasteiger partial charge in [0.2, 0.25) is 0 Å². The number of thiazole rings is 1. The lowest BCUT2D eigenvalue weighted by Gasteiger charge is -2.09. The van der Waals surface area contributed by atoms with E-state index in [4.69, 9.17) is 14.5 Å². The van der Waals surface area contributed by atoms with Crippen molar-refractivity contribution in [2.75, 3.05) is 27.2 Å². The molecule has 0 fully saturated rings. The maximum atomic E-state index is 13.9. The molecule has 1 aliphatic rings. The van der Waals surface area contributed by atoms with Crippen molar-refractivity contribution in [1.29, 1.82) is 0 Å². The Hall–Kier alpha value is -2.28. The lowest BCUT2D eigenvalue weighted by Crippen LogP contribution is -2.14. The first-order valence-corrected chi connectivity index (χ1v) is 9.73. The maximum absolute atomic E-state index is 13.9. The van der Waals surface area contributed by atoms with E-state index >= 15 is 0 Å². The van der Waals surface area contributed by atoms with E-state index in [0.717, 1.165) is 39.9 Å².